The van der Waals surface area contributed by atoms with Crippen molar-refractivity contribution in [2.45, 2.75) is 52.1 Å². The molecule has 2 rings (SSSR count). The van der Waals surface area contributed by atoms with Gasteiger partial charge in [0.1, 0.15) is 5.75 Å². The molecule has 0 aromatic heterocycles. The molecule has 0 bridgehead atoms. The molecule has 1 aromatic rings. The number of hydrogen-bond acceptors (Lipinski definition) is 2. The number of benzene rings is 1. The zero-order valence-electron chi connectivity index (χ0n) is 12.1. The smallest absolute Gasteiger partial charge is 0.119 e. The van der Waals surface area contributed by atoms with Gasteiger partial charge >= 0.3 is 0 Å². The second-order valence-corrected chi connectivity index (χ2v) is 5.88. The van der Waals surface area contributed by atoms with Crippen LogP contribution in [0.3, 0.4) is 0 Å². The molecular weight excluding hydrogens is 236 g/mol. The zero-order chi connectivity index (χ0) is 13.7. The van der Waals surface area contributed by atoms with Gasteiger partial charge in [-0.25, -0.2) is 0 Å². The Bertz CT molecular complexity index is 363. The summed E-state index contributed by atoms with van der Waals surface area (Å²) in [5, 5.41) is 10.5. The van der Waals surface area contributed by atoms with Gasteiger partial charge in [-0.3, -0.25) is 0 Å². The molecule has 0 spiro atoms. The van der Waals surface area contributed by atoms with Crippen LogP contribution >= 0.6 is 0 Å². The molecule has 0 aliphatic heterocycles. The highest BCUT2D eigenvalue weighted by atomic mass is 16.5. The van der Waals surface area contributed by atoms with Crippen molar-refractivity contribution >= 4 is 0 Å². The van der Waals surface area contributed by atoms with Gasteiger partial charge < -0.3 is 9.84 Å². The minimum atomic E-state index is -0.312. The van der Waals surface area contributed by atoms with Gasteiger partial charge in [-0.15, -0.1) is 0 Å². The van der Waals surface area contributed by atoms with Crippen molar-refractivity contribution in [2.24, 2.45) is 11.8 Å². The SMILES string of the molecule is CCCOc1ccc(C(O)C2CCC(C)CC2)cc1. The van der Waals surface area contributed by atoms with Crippen molar-refractivity contribution in [1.82, 2.24) is 0 Å². The fourth-order valence-corrected chi connectivity index (χ4v) is 2.85. The third-order valence-electron chi connectivity index (χ3n) is 4.20. The predicted molar refractivity (Wildman–Crippen MR) is 78.3 cm³/mol. The average Bonchev–Trinajstić information content (AvgIpc) is 2.46. The van der Waals surface area contributed by atoms with Crippen molar-refractivity contribution in [3.63, 3.8) is 0 Å². The molecule has 0 amide bonds. The van der Waals surface area contributed by atoms with Crippen LogP contribution in [0, 0.1) is 11.8 Å². The second kappa shape index (κ2) is 6.95. The topological polar surface area (TPSA) is 29.5 Å². The van der Waals surface area contributed by atoms with Gasteiger partial charge in [-0.1, -0.05) is 38.8 Å². The van der Waals surface area contributed by atoms with Crippen molar-refractivity contribution in [2.75, 3.05) is 6.61 Å². The summed E-state index contributed by atoms with van der Waals surface area (Å²) < 4.78 is 5.57. The Kier molecular flexibility index (Phi) is 5.26. The van der Waals surface area contributed by atoms with E-state index < -0.39 is 0 Å². The third kappa shape index (κ3) is 3.97. The van der Waals surface area contributed by atoms with E-state index in [0.29, 0.717) is 5.92 Å². The molecule has 1 fully saturated rings. The highest BCUT2D eigenvalue weighted by Crippen LogP contribution is 2.36. The minimum Gasteiger partial charge on any atom is -0.494 e. The Morgan fingerprint density at radius 2 is 1.79 bits per heavy atom. The first-order chi connectivity index (χ1) is 9.20. The summed E-state index contributed by atoms with van der Waals surface area (Å²) in [5.74, 6) is 2.15. The molecule has 1 saturated carbocycles. The fourth-order valence-electron chi connectivity index (χ4n) is 2.85. The summed E-state index contributed by atoms with van der Waals surface area (Å²) in [4.78, 5) is 0. The first-order valence-corrected chi connectivity index (χ1v) is 7.61. The maximum atomic E-state index is 10.5. The summed E-state index contributed by atoms with van der Waals surface area (Å²) in [6.45, 7) is 5.16. The normalized spacial score (nSPS) is 25.0. The van der Waals surface area contributed by atoms with Crippen molar-refractivity contribution in [3.05, 3.63) is 29.8 Å². The van der Waals surface area contributed by atoms with E-state index in [-0.39, 0.29) is 6.10 Å². The molecule has 0 heterocycles. The molecule has 19 heavy (non-hydrogen) atoms. The van der Waals surface area contributed by atoms with Crippen LogP contribution in [-0.2, 0) is 0 Å². The molecule has 1 N–H and O–H groups in total. The zero-order valence-corrected chi connectivity index (χ0v) is 12.1. The largest absolute Gasteiger partial charge is 0.494 e. The molecular formula is C17H26O2. The van der Waals surface area contributed by atoms with E-state index in [2.05, 4.69) is 13.8 Å². The van der Waals surface area contributed by atoms with Crippen molar-refractivity contribution < 1.29 is 9.84 Å². The lowest BCUT2D eigenvalue weighted by Gasteiger charge is -2.30. The van der Waals surface area contributed by atoms with Gasteiger partial charge in [-0.2, -0.15) is 0 Å². The molecule has 0 saturated heterocycles. The van der Waals surface area contributed by atoms with Gasteiger partial charge in [0.05, 0.1) is 12.7 Å². The molecule has 1 aliphatic rings. The highest BCUT2D eigenvalue weighted by molar-refractivity contribution is 5.28. The molecule has 106 valence electrons. The van der Waals surface area contributed by atoms with Gasteiger partial charge in [0.2, 0.25) is 0 Å². The van der Waals surface area contributed by atoms with E-state index in [0.717, 1.165) is 43.1 Å². The van der Waals surface area contributed by atoms with Crippen LogP contribution in [0.5, 0.6) is 5.75 Å². The van der Waals surface area contributed by atoms with Gasteiger partial charge in [0, 0.05) is 0 Å². The minimum absolute atomic E-state index is 0.312. The molecule has 1 aromatic carbocycles. The first kappa shape index (κ1) is 14.4. The van der Waals surface area contributed by atoms with Crippen LogP contribution < -0.4 is 4.74 Å². The van der Waals surface area contributed by atoms with Crippen molar-refractivity contribution in [3.8, 4) is 5.75 Å². The van der Waals surface area contributed by atoms with E-state index in [9.17, 15) is 5.11 Å². The van der Waals surface area contributed by atoms with E-state index in [1.54, 1.807) is 0 Å². The number of ether oxygens (including phenoxy) is 1. The summed E-state index contributed by atoms with van der Waals surface area (Å²) in [5.41, 5.74) is 1.03. The third-order valence-corrected chi connectivity index (χ3v) is 4.20. The Balaban J connectivity index is 1.93. The molecule has 1 unspecified atom stereocenters. The van der Waals surface area contributed by atoms with Gasteiger partial charge in [0.15, 0.2) is 0 Å². The summed E-state index contributed by atoms with van der Waals surface area (Å²) in [7, 11) is 0. The van der Waals surface area contributed by atoms with E-state index in [1.807, 2.05) is 24.3 Å². The van der Waals surface area contributed by atoms with E-state index >= 15 is 0 Å². The number of aliphatic hydroxyl groups excluding tert-OH is 1. The molecule has 0 radical (unpaired) electrons. The van der Waals surface area contributed by atoms with E-state index in [1.165, 1.54) is 12.8 Å². The summed E-state index contributed by atoms with van der Waals surface area (Å²) >= 11 is 0. The van der Waals surface area contributed by atoms with Crippen LogP contribution in [0.4, 0.5) is 0 Å². The monoisotopic (exact) mass is 262 g/mol. The van der Waals surface area contributed by atoms with E-state index in [4.69, 9.17) is 4.74 Å². The fraction of sp³-hybridized carbons (Fsp3) is 0.647. The standard InChI is InChI=1S/C17H26O2/c1-3-12-19-16-10-8-15(9-11-16)17(18)14-6-4-13(2)5-7-14/h8-11,13-14,17-18H,3-7,12H2,1-2H3. The summed E-state index contributed by atoms with van der Waals surface area (Å²) in [6, 6.07) is 7.96. The predicted octanol–water partition coefficient (Wildman–Crippen LogP) is 4.34. The Morgan fingerprint density at radius 3 is 2.37 bits per heavy atom. The van der Waals surface area contributed by atoms with Crippen LogP contribution in [0.2, 0.25) is 0 Å². The molecule has 2 heteroatoms. The number of rotatable bonds is 5. The Hall–Kier alpha value is -1.02. The molecule has 1 aliphatic carbocycles. The number of hydrogen-bond donors (Lipinski definition) is 1. The lowest BCUT2D eigenvalue weighted by Crippen LogP contribution is -2.19. The maximum absolute atomic E-state index is 10.5. The van der Waals surface area contributed by atoms with Gasteiger partial charge in [-0.05, 0) is 48.8 Å². The lowest BCUT2D eigenvalue weighted by atomic mass is 9.78. The van der Waals surface area contributed by atoms with Crippen LogP contribution in [-0.4, -0.2) is 11.7 Å². The Labute approximate surface area is 116 Å². The molecule has 2 nitrogen and oxygen atoms in total. The lowest BCUT2D eigenvalue weighted by molar-refractivity contribution is 0.0755. The highest BCUT2D eigenvalue weighted by Gasteiger charge is 2.25. The maximum Gasteiger partial charge on any atom is 0.119 e. The van der Waals surface area contributed by atoms with Crippen molar-refractivity contribution in [1.29, 1.82) is 0 Å². The van der Waals surface area contributed by atoms with Gasteiger partial charge in [0.25, 0.3) is 0 Å². The van der Waals surface area contributed by atoms with Crippen LogP contribution in [0.1, 0.15) is 57.6 Å². The quantitative estimate of drug-likeness (QED) is 0.855. The Morgan fingerprint density at radius 1 is 1.16 bits per heavy atom. The average molecular weight is 262 g/mol. The molecule has 1 atom stereocenters. The number of aliphatic hydroxyl groups is 1. The van der Waals surface area contributed by atoms with Crippen LogP contribution in [0.25, 0.3) is 0 Å². The first-order valence-electron chi connectivity index (χ1n) is 7.61. The van der Waals surface area contributed by atoms with Crippen LogP contribution in [0.15, 0.2) is 24.3 Å². The summed E-state index contributed by atoms with van der Waals surface area (Å²) in [6.07, 6.45) is 5.50. The second-order valence-electron chi connectivity index (χ2n) is 5.88.